The van der Waals surface area contributed by atoms with Crippen LogP contribution >= 0.6 is 0 Å². The summed E-state index contributed by atoms with van der Waals surface area (Å²) in [5, 5.41) is 18.7. The number of methoxy groups -OCH3 is 1. The van der Waals surface area contributed by atoms with Gasteiger partial charge in [0.1, 0.15) is 0 Å². The van der Waals surface area contributed by atoms with Gasteiger partial charge in [-0.2, -0.15) is 0 Å². The Labute approximate surface area is 83.8 Å². The molecule has 0 amide bonds. The van der Waals surface area contributed by atoms with Crippen LogP contribution in [-0.4, -0.2) is 48.8 Å². The van der Waals surface area contributed by atoms with Crippen LogP contribution in [0.4, 0.5) is 0 Å². The highest BCUT2D eigenvalue weighted by Crippen LogP contribution is 2.50. The Morgan fingerprint density at radius 3 is 2.86 bits per heavy atom. The lowest BCUT2D eigenvalue weighted by Gasteiger charge is -2.33. The van der Waals surface area contributed by atoms with Crippen molar-refractivity contribution < 1.29 is 19.7 Å². The van der Waals surface area contributed by atoms with E-state index in [-0.39, 0.29) is 31.2 Å². The molecule has 0 aromatic carbocycles. The zero-order valence-electron chi connectivity index (χ0n) is 8.48. The van der Waals surface area contributed by atoms with Crippen LogP contribution in [0.1, 0.15) is 12.8 Å². The van der Waals surface area contributed by atoms with Crippen LogP contribution < -0.4 is 0 Å². The molecule has 0 spiro atoms. The number of hydrogen-bond acceptors (Lipinski definition) is 4. The SMILES string of the molecule is COC[C@H]1[C@@H]2CC[C@@](CO)(O2)[C@H]1CO. The van der Waals surface area contributed by atoms with E-state index >= 15 is 0 Å². The van der Waals surface area contributed by atoms with Crippen molar-refractivity contribution in [3.05, 3.63) is 0 Å². The van der Waals surface area contributed by atoms with Gasteiger partial charge in [0.2, 0.25) is 0 Å². The van der Waals surface area contributed by atoms with E-state index in [1.54, 1.807) is 7.11 Å². The van der Waals surface area contributed by atoms with E-state index in [1.807, 2.05) is 0 Å². The molecule has 4 nitrogen and oxygen atoms in total. The Balaban J connectivity index is 2.14. The lowest BCUT2D eigenvalue weighted by atomic mass is 9.72. The minimum absolute atomic E-state index is 0.00887. The second-order valence-electron chi connectivity index (χ2n) is 4.33. The highest BCUT2D eigenvalue weighted by Gasteiger charge is 2.58. The van der Waals surface area contributed by atoms with Gasteiger partial charge >= 0.3 is 0 Å². The highest BCUT2D eigenvalue weighted by molar-refractivity contribution is 5.06. The van der Waals surface area contributed by atoms with Gasteiger partial charge in [-0.25, -0.2) is 0 Å². The van der Waals surface area contributed by atoms with Crippen molar-refractivity contribution in [1.82, 2.24) is 0 Å². The van der Waals surface area contributed by atoms with Crippen LogP contribution in [0, 0.1) is 11.8 Å². The van der Waals surface area contributed by atoms with Gasteiger partial charge in [-0.3, -0.25) is 0 Å². The minimum Gasteiger partial charge on any atom is -0.396 e. The third kappa shape index (κ3) is 1.29. The maximum atomic E-state index is 9.35. The monoisotopic (exact) mass is 202 g/mol. The van der Waals surface area contributed by atoms with E-state index in [2.05, 4.69) is 0 Å². The molecule has 4 heteroatoms. The molecule has 2 bridgehead atoms. The first-order chi connectivity index (χ1) is 6.77. The summed E-state index contributed by atoms with van der Waals surface area (Å²) in [6.45, 7) is 0.692. The number of rotatable bonds is 4. The van der Waals surface area contributed by atoms with Gasteiger partial charge < -0.3 is 19.7 Å². The normalized spacial score (nSPS) is 46.1. The molecule has 2 rings (SSSR count). The van der Waals surface area contributed by atoms with Crippen LogP contribution in [0.3, 0.4) is 0 Å². The van der Waals surface area contributed by atoms with E-state index < -0.39 is 5.60 Å². The Bertz CT molecular complexity index is 208. The summed E-state index contributed by atoms with van der Waals surface area (Å²) in [7, 11) is 1.66. The number of aliphatic hydroxyl groups excluding tert-OH is 2. The van der Waals surface area contributed by atoms with Crippen molar-refractivity contribution in [2.24, 2.45) is 11.8 Å². The molecule has 0 saturated carbocycles. The molecule has 0 aromatic heterocycles. The minimum atomic E-state index is -0.484. The maximum absolute atomic E-state index is 9.35. The predicted molar refractivity (Wildman–Crippen MR) is 49.9 cm³/mol. The van der Waals surface area contributed by atoms with Crippen LogP contribution in [0.25, 0.3) is 0 Å². The van der Waals surface area contributed by atoms with Gasteiger partial charge in [-0.15, -0.1) is 0 Å². The summed E-state index contributed by atoms with van der Waals surface area (Å²) in [6.07, 6.45) is 2.00. The molecule has 0 unspecified atom stereocenters. The number of aliphatic hydroxyl groups is 2. The van der Waals surface area contributed by atoms with Gasteiger partial charge in [-0.1, -0.05) is 0 Å². The highest BCUT2D eigenvalue weighted by atomic mass is 16.5. The van der Waals surface area contributed by atoms with Gasteiger partial charge in [0, 0.05) is 25.6 Å². The first-order valence-corrected chi connectivity index (χ1v) is 5.16. The average Bonchev–Trinajstić information content (AvgIpc) is 2.74. The summed E-state index contributed by atoms with van der Waals surface area (Å²) in [5.74, 6) is 0.275. The van der Waals surface area contributed by atoms with Gasteiger partial charge in [-0.05, 0) is 12.8 Å². The molecule has 2 N–H and O–H groups in total. The summed E-state index contributed by atoms with van der Waals surface area (Å²) < 4.78 is 10.9. The van der Waals surface area contributed by atoms with Crippen molar-refractivity contribution in [2.45, 2.75) is 24.5 Å². The topological polar surface area (TPSA) is 58.9 Å². The first kappa shape index (κ1) is 10.4. The molecule has 0 aromatic rings. The molecule has 4 atom stereocenters. The molecule has 0 radical (unpaired) electrons. The standard InChI is InChI=1S/C10H18O4/c1-13-5-7-8(4-11)10(6-12)3-2-9(7)14-10/h7-9,11-12H,2-6H2,1H3/t7-,8+,9+,10+/m1/s1. The van der Waals surface area contributed by atoms with Gasteiger partial charge in [0.05, 0.1) is 24.9 Å². The fourth-order valence-corrected chi connectivity index (χ4v) is 2.98. The van der Waals surface area contributed by atoms with Crippen molar-refractivity contribution in [3.8, 4) is 0 Å². The largest absolute Gasteiger partial charge is 0.396 e. The van der Waals surface area contributed by atoms with Gasteiger partial charge in [0.25, 0.3) is 0 Å². The van der Waals surface area contributed by atoms with Crippen molar-refractivity contribution >= 4 is 0 Å². The predicted octanol–water partition coefficient (Wildman–Crippen LogP) is -0.219. The summed E-state index contributed by atoms with van der Waals surface area (Å²) in [5.41, 5.74) is -0.484. The van der Waals surface area contributed by atoms with Crippen LogP contribution in [0.15, 0.2) is 0 Å². The first-order valence-electron chi connectivity index (χ1n) is 5.16. The van der Waals surface area contributed by atoms with Crippen molar-refractivity contribution in [1.29, 1.82) is 0 Å². The second kappa shape index (κ2) is 3.77. The average molecular weight is 202 g/mol. The fourth-order valence-electron chi connectivity index (χ4n) is 2.98. The Kier molecular flexibility index (Phi) is 2.79. The van der Waals surface area contributed by atoms with Crippen molar-refractivity contribution in [2.75, 3.05) is 26.9 Å². The van der Waals surface area contributed by atoms with Crippen LogP contribution in [-0.2, 0) is 9.47 Å². The maximum Gasteiger partial charge on any atom is 0.0971 e. The quantitative estimate of drug-likeness (QED) is 0.662. The zero-order chi connectivity index (χ0) is 10.2. The second-order valence-corrected chi connectivity index (χ2v) is 4.33. The molecule has 14 heavy (non-hydrogen) atoms. The Morgan fingerprint density at radius 1 is 1.50 bits per heavy atom. The summed E-state index contributed by atoms with van der Waals surface area (Å²) in [6, 6.07) is 0. The Morgan fingerprint density at radius 2 is 2.29 bits per heavy atom. The van der Waals surface area contributed by atoms with E-state index in [0.717, 1.165) is 12.8 Å². The lowest BCUT2D eigenvalue weighted by Crippen LogP contribution is -2.44. The van der Waals surface area contributed by atoms with E-state index in [1.165, 1.54) is 0 Å². The molecular weight excluding hydrogens is 184 g/mol. The lowest BCUT2D eigenvalue weighted by molar-refractivity contribution is -0.0586. The Hall–Kier alpha value is -0.160. The zero-order valence-corrected chi connectivity index (χ0v) is 8.48. The fraction of sp³-hybridized carbons (Fsp3) is 1.00. The summed E-state index contributed by atoms with van der Waals surface area (Å²) in [4.78, 5) is 0. The molecule has 2 aliphatic rings. The van der Waals surface area contributed by atoms with E-state index in [0.29, 0.717) is 6.61 Å². The number of fused-ring (bicyclic) bond motifs is 2. The third-order valence-electron chi connectivity index (χ3n) is 3.73. The molecular formula is C10H18O4. The number of hydrogen-bond donors (Lipinski definition) is 2. The van der Waals surface area contributed by atoms with E-state index in [4.69, 9.17) is 9.47 Å². The van der Waals surface area contributed by atoms with Crippen LogP contribution in [0.2, 0.25) is 0 Å². The molecule has 2 aliphatic heterocycles. The molecule has 2 fully saturated rings. The molecule has 2 heterocycles. The number of ether oxygens (including phenoxy) is 2. The molecule has 2 saturated heterocycles. The smallest absolute Gasteiger partial charge is 0.0971 e. The molecule has 0 aliphatic carbocycles. The van der Waals surface area contributed by atoms with Crippen molar-refractivity contribution in [3.63, 3.8) is 0 Å². The van der Waals surface area contributed by atoms with Crippen LogP contribution in [0.5, 0.6) is 0 Å². The molecule has 82 valence electrons. The summed E-state index contributed by atoms with van der Waals surface area (Å²) >= 11 is 0. The van der Waals surface area contributed by atoms with Gasteiger partial charge in [0.15, 0.2) is 0 Å². The van der Waals surface area contributed by atoms with E-state index in [9.17, 15) is 10.2 Å². The third-order valence-corrected chi connectivity index (χ3v) is 3.73.